The average Bonchev–Trinajstić information content (AvgIpc) is 2.25. The molecule has 0 fully saturated rings. The Kier molecular flexibility index (Phi) is 5.28. The van der Waals surface area contributed by atoms with Crippen LogP contribution in [0.25, 0.3) is 0 Å². The van der Waals surface area contributed by atoms with E-state index >= 15 is 0 Å². The third-order valence-corrected chi connectivity index (χ3v) is 2.81. The molecular formula is C13H21N. The fourth-order valence-electron chi connectivity index (χ4n) is 1.86. The molecule has 0 N–H and O–H groups in total. The minimum absolute atomic E-state index is 0.891. The quantitative estimate of drug-likeness (QED) is 0.665. The molecule has 0 aliphatic rings. The van der Waals surface area contributed by atoms with E-state index < -0.39 is 0 Å². The second-order valence-electron chi connectivity index (χ2n) is 3.92. The van der Waals surface area contributed by atoms with Gasteiger partial charge in [-0.2, -0.15) is 0 Å². The first-order valence-electron chi connectivity index (χ1n) is 5.76. The molecule has 1 heteroatoms. The van der Waals surface area contributed by atoms with Crippen LogP contribution in [0.1, 0.15) is 45.2 Å². The molecule has 0 amide bonds. The lowest BCUT2D eigenvalue weighted by molar-refractivity contribution is 0.430. The van der Waals surface area contributed by atoms with Crippen molar-refractivity contribution in [2.45, 2.75) is 46.0 Å². The lowest BCUT2D eigenvalue weighted by atomic mass is 9.94. The number of hydrogen-bond acceptors (Lipinski definition) is 1. The Hall–Kier alpha value is -0.850. The van der Waals surface area contributed by atoms with Crippen molar-refractivity contribution in [1.82, 2.24) is 4.98 Å². The summed E-state index contributed by atoms with van der Waals surface area (Å²) in [5, 5.41) is 0. The van der Waals surface area contributed by atoms with Crippen molar-refractivity contribution in [3.63, 3.8) is 0 Å². The maximum absolute atomic E-state index is 4.35. The van der Waals surface area contributed by atoms with Gasteiger partial charge in [-0.05, 0) is 30.9 Å². The highest BCUT2D eigenvalue weighted by Gasteiger charge is 2.05. The van der Waals surface area contributed by atoms with E-state index in [1.54, 1.807) is 0 Å². The lowest BCUT2D eigenvalue weighted by Crippen LogP contribution is -2.01. The third-order valence-electron chi connectivity index (χ3n) is 2.81. The van der Waals surface area contributed by atoms with Crippen molar-refractivity contribution in [2.24, 2.45) is 5.92 Å². The second-order valence-corrected chi connectivity index (χ2v) is 3.92. The molecular weight excluding hydrogens is 170 g/mol. The Labute approximate surface area is 87.6 Å². The predicted octanol–water partition coefficient (Wildman–Crippen LogP) is 3.84. The minimum Gasteiger partial charge on any atom is -0.261 e. The van der Waals surface area contributed by atoms with Crippen molar-refractivity contribution in [3.8, 4) is 0 Å². The van der Waals surface area contributed by atoms with E-state index in [1.807, 2.05) is 12.3 Å². The summed E-state index contributed by atoms with van der Waals surface area (Å²) in [6, 6.07) is 6.18. The zero-order chi connectivity index (χ0) is 10.2. The molecule has 0 radical (unpaired) electrons. The summed E-state index contributed by atoms with van der Waals surface area (Å²) in [6.07, 6.45) is 8.29. The van der Waals surface area contributed by atoms with E-state index in [0.717, 1.165) is 12.3 Å². The molecule has 0 aliphatic carbocycles. The first-order chi connectivity index (χ1) is 6.86. The van der Waals surface area contributed by atoms with Gasteiger partial charge in [-0.25, -0.2) is 0 Å². The standard InChI is InChI=1S/C13H21N/c1-3-7-12(4-2)9-10-13-8-5-6-11-14-13/h5-6,8,11-12H,3-4,7,9-10H2,1-2H3. The van der Waals surface area contributed by atoms with Crippen LogP contribution >= 0.6 is 0 Å². The smallest absolute Gasteiger partial charge is 0.0403 e. The summed E-state index contributed by atoms with van der Waals surface area (Å²) < 4.78 is 0. The normalized spacial score (nSPS) is 12.7. The molecule has 1 atom stereocenters. The van der Waals surface area contributed by atoms with Crippen molar-refractivity contribution >= 4 is 0 Å². The van der Waals surface area contributed by atoms with E-state index in [9.17, 15) is 0 Å². The van der Waals surface area contributed by atoms with Crippen LogP contribution in [0.15, 0.2) is 24.4 Å². The van der Waals surface area contributed by atoms with Gasteiger partial charge in [0.2, 0.25) is 0 Å². The van der Waals surface area contributed by atoms with Crippen LogP contribution in [0.2, 0.25) is 0 Å². The number of hydrogen-bond donors (Lipinski definition) is 0. The highest BCUT2D eigenvalue weighted by molar-refractivity contribution is 5.03. The molecule has 0 saturated heterocycles. The molecule has 0 bridgehead atoms. The van der Waals surface area contributed by atoms with Crippen molar-refractivity contribution in [3.05, 3.63) is 30.1 Å². The zero-order valence-corrected chi connectivity index (χ0v) is 9.37. The van der Waals surface area contributed by atoms with Gasteiger partial charge in [0.1, 0.15) is 0 Å². The Bertz CT molecular complexity index is 230. The Morgan fingerprint density at radius 2 is 2.07 bits per heavy atom. The van der Waals surface area contributed by atoms with Gasteiger partial charge in [0.05, 0.1) is 0 Å². The van der Waals surface area contributed by atoms with Crippen molar-refractivity contribution < 1.29 is 0 Å². The van der Waals surface area contributed by atoms with Crippen LogP contribution in [0.3, 0.4) is 0 Å². The SMILES string of the molecule is CCCC(CC)CCc1ccccn1. The van der Waals surface area contributed by atoms with Gasteiger partial charge >= 0.3 is 0 Å². The van der Waals surface area contributed by atoms with E-state index in [-0.39, 0.29) is 0 Å². The summed E-state index contributed by atoms with van der Waals surface area (Å²) >= 11 is 0. The lowest BCUT2D eigenvalue weighted by Gasteiger charge is -2.12. The van der Waals surface area contributed by atoms with Gasteiger partial charge in [-0.15, -0.1) is 0 Å². The van der Waals surface area contributed by atoms with Crippen LogP contribution < -0.4 is 0 Å². The van der Waals surface area contributed by atoms with Crippen LogP contribution in [0.5, 0.6) is 0 Å². The molecule has 78 valence electrons. The molecule has 14 heavy (non-hydrogen) atoms. The van der Waals surface area contributed by atoms with E-state index in [2.05, 4.69) is 31.0 Å². The molecule has 0 spiro atoms. The molecule has 1 rings (SSSR count). The monoisotopic (exact) mass is 191 g/mol. The van der Waals surface area contributed by atoms with Gasteiger partial charge in [-0.1, -0.05) is 39.2 Å². The van der Waals surface area contributed by atoms with E-state index in [0.29, 0.717) is 0 Å². The minimum atomic E-state index is 0.891. The maximum atomic E-state index is 4.35. The number of rotatable bonds is 6. The number of aryl methyl sites for hydroxylation is 1. The second kappa shape index (κ2) is 6.58. The van der Waals surface area contributed by atoms with Gasteiger partial charge in [0.15, 0.2) is 0 Å². The molecule has 1 aromatic rings. The summed E-state index contributed by atoms with van der Waals surface area (Å²) in [4.78, 5) is 4.35. The van der Waals surface area contributed by atoms with Gasteiger partial charge in [-0.3, -0.25) is 4.98 Å². The van der Waals surface area contributed by atoms with Crippen molar-refractivity contribution in [1.29, 1.82) is 0 Å². The van der Waals surface area contributed by atoms with Crippen LogP contribution in [-0.2, 0) is 6.42 Å². The highest BCUT2D eigenvalue weighted by atomic mass is 14.7. The molecule has 1 heterocycles. The first kappa shape index (κ1) is 11.2. The van der Waals surface area contributed by atoms with Crippen molar-refractivity contribution in [2.75, 3.05) is 0 Å². The zero-order valence-electron chi connectivity index (χ0n) is 9.37. The highest BCUT2D eigenvalue weighted by Crippen LogP contribution is 2.17. The number of pyridine rings is 1. The maximum Gasteiger partial charge on any atom is 0.0403 e. The first-order valence-corrected chi connectivity index (χ1v) is 5.76. The topological polar surface area (TPSA) is 12.9 Å². The summed E-state index contributed by atoms with van der Waals surface area (Å²) in [6.45, 7) is 4.56. The Morgan fingerprint density at radius 1 is 1.21 bits per heavy atom. The third kappa shape index (κ3) is 3.91. The molecule has 0 aliphatic heterocycles. The molecule has 1 aromatic heterocycles. The summed E-state index contributed by atoms with van der Waals surface area (Å²) in [5.41, 5.74) is 1.24. The number of nitrogens with zero attached hydrogens (tertiary/aromatic N) is 1. The van der Waals surface area contributed by atoms with E-state index in [4.69, 9.17) is 0 Å². The molecule has 1 nitrogen and oxygen atoms in total. The predicted molar refractivity (Wildman–Crippen MR) is 61.2 cm³/mol. The molecule has 0 aromatic carbocycles. The Balaban J connectivity index is 2.32. The summed E-state index contributed by atoms with van der Waals surface area (Å²) in [5.74, 6) is 0.891. The van der Waals surface area contributed by atoms with Gasteiger partial charge < -0.3 is 0 Å². The van der Waals surface area contributed by atoms with Gasteiger partial charge in [0.25, 0.3) is 0 Å². The number of aromatic nitrogens is 1. The fourth-order valence-corrected chi connectivity index (χ4v) is 1.86. The molecule has 1 unspecified atom stereocenters. The largest absolute Gasteiger partial charge is 0.261 e. The molecule has 0 saturated carbocycles. The Morgan fingerprint density at radius 3 is 2.64 bits per heavy atom. The van der Waals surface area contributed by atoms with Crippen LogP contribution in [0.4, 0.5) is 0 Å². The average molecular weight is 191 g/mol. The van der Waals surface area contributed by atoms with Crippen LogP contribution in [-0.4, -0.2) is 4.98 Å². The van der Waals surface area contributed by atoms with Crippen LogP contribution in [0, 0.1) is 5.92 Å². The summed E-state index contributed by atoms with van der Waals surface area (Å²) in [7, 11) is 0. The van der Waals surface area contributed by atoms with E-state index in [1.165, 1.54) is 31.4 Å². The fraction of sp³-hybridized carbons (Fsp3) is 0.615. The van der Waals surface area contributed by atoms with Gasteiger partial charge in [0, 0.05) is 11.9 Å².